The quantitative estimate of drug-likeness (QED) is 0.383. The lowest BCUT2D eigenvalue weighted by Crippen LogP contribution is -2.26. The first kappa shape index (κ1) is 8.82. The molecule has 0 aromatic rings. The van der Waals surface area contributed by atoms with Gasteiger partial charge in [0.15, 0.2) is 0 Å². The molecule has 0 amide bonds. The minimum atomic E-state index is -4.56. The van der Waals surface area contributed by atoms with Gasteiger partial charge >= 0.3 is 9.06 Å². The van der Waals surface area contributed by atoms with Crippen LogP contribution in [0.5, 0.6) is 0 Å². The Morgan fingerprint density at radius 2 is 1.56 bits per heavy atom. The molecule has 0 aliphatic rings. The Hall–Kier alpha value is -0.180. The molecule has 0 heterocycles. The van der Waals surface area contributed by atoms with Crippen molar-refractivity contribution in [3.63, 3.8) is 0 Å². The summed E-state index contributed by atoms with van der Waals surface area (Å²) in [6.07, 6.45) is 0.464. The van der Waals surface area contributed by atoms with Gasteiger partial charge in [-0.2, -0.15) is 8.42 Å². The van der Waals surface area contributed by atoms with Crippen molar-refractivity contribution in [1.82, 2.24) is 4.89 Å². The third-order valence-electron chi connectivity index (χ3n) is 0.510. The molecule has 0 unspecified atom stereocenters. The van der Waals surface area contributed by atoms with Gasteiger partial charge in [0.2, 0.25) is 0 Å². The van der Waals surface area contributed by atoms with Crippen LogP contribution in [0.25, 0.3) is 0 Å². The molecule has 6 nitrogen and oxygen atoms in total. The van der Waals surface area contributed by atoms with Crippen LogP contribution in [0.1, 0.15) is 0 Å². The van der Waals surface area contributed by atoms with Crippen molar-refractivity contribution >= 4 is 17.9 Å². The van der Waals surface area contributed by atoms with Crippen LogP contribution in [-0.2, 0) is 17.9 Å². The van der Waals surface area contributed by atoms with Gasteiger partial charge in [-0.1, -0.05) is 4.89 Å². The van der Waals surface area contributed by atoms with Gasteiger partial charge in [-0.3, -0.25) is 0 Å². The van der Waals surface area contributed by atoms with E-state index in [-0.39, 0.29) is 0 Å². The van der Waals surface area contributed by atoms with E-state index < -0.39 is 17.9 Å². The normalized spacial score (nSPS) is 13.6. The van der Waals surface area contributed by atoms with E-state index in [1.807, 2.05) is 0 Å². The third-order valence-corrected chi connectivity index (χ3v) is 4.15. The van der Waals surface area contributed by atoms with Crippen LogP contribution in [-0.4, -0.2) is 28.3 Å². The second kappa shape index (κ2) is 2.21. The fraction of sp³-hybridized carbons (Fsp3) is 1.00. The smallest absolute Gasteiger partial charge is 0.301 e. The van der Waals surface area contributed by atoms with Gasteiger partial charge in [0.25, 0.3) is 8.87 Å². The molecule has 2 N–H and O–H groups in total. The standard InChI is InChI=1S/CH5NO5S2/c1-8(4,5)9(6,7)2-3/h2-3H,1H3. The minimum absolute atomic E-state index is 0.464. The Morgan fingerprint density at radius 1 is 1.22 bits per heavy atom. The van der Waals surface area contributed by atoms with Crippen LogP contribution >= 0.6 is 0 Å². The maximum absolute atomic E-state index is 10.1. The lowest BCUT2D eigenvalue weighted by molar-refractivity contribution is 0.245. The van der Waals surface area contributed by atoms with Gasteiger partial charge in [-0.15, -0.1) is 0 Å². The fourth-order valence-electron chi connectivity index (χ4n) is 0.0677. The molecule has 0 atom stereocenters. The summed E-state index contributed by atoms with van der Waals surface area (Å²) in [6, 6.07) is 0. The largest absolute Gasteiger partial charge is 0.338 e. The van der Waals surface area contributed by atoms with Crippen LogP contribution in [0.15, 0.2) is 0 Å². The van der Waals surface area contributed by atoms with Crippen molar-refractivity contribution in [1.29, 1.82) is 0 Å². The summed E-state index contributed by atoms with van der Waals surface area (Å²) >= 11 is 0. The highest BCUT2D eigenvalue weighted by Gasteiger charge is 2.22. The molecule has 56 valence electrons. The van der Waals surface area contributed by atoms with Crippen molar-refractivity contribution < 1.29 is 22.0 Å². The van der Waals surface area contributed by atoms with Crippen LogP contribution < -0.4 is 4.89 Å². The fourth-order valence-corrected chi connectivity index (χ4v) is 0.609. The summed E-state index contributed by atoms with van der Waals surface area (Å²) in [5.41, 5.74) is 0. The molecule has 9 heavy (non-hydrogen) atoms. The Morgan fingerprint density at radius 3 is 1.56 bits per heavy atom. The van der Waals surface area contributed by atoms with E-state index in [2.05, 4.69) is 0 Å². The summed E-state index contributed by atoms with van der Waals surface area (Å²) in [7, 11) is -8.80. The topological polar surface area (TPSA) is 101 Å². The van der Waals surface area contributed by atoms with E-state index in [9.17, 15) is 16.8 Å². The predicted molar refractivity (Wildman–Crippen MR) is 28.7 cm³/mol. The van der Waals surface area contributed by atoms with Crippen molar-refractivity contribution in [3.05, 3.63) is 0 Å². The molecule has 0 bridgehead atoms. The Kier molecular flexibility index (Phi) is 2.17. The average molecular weight is 175 g/mol. The maximum Gasteiger partial charge on any atom is 0.338 e. The highest BCUT2D eigenvalue weighted by Crippen LogP contribution is 1.91. The van der Waals surface area contributed by atoms with Crippen LogP contribution in [0.4, 0.5) is 0 Å². The van der Waals surface area contributed by atoms with E-state index >= 15 is 0 Å². The summed E-state index contributed by atoms with van der Waals surface area (Å²) < 4.78 is 40.3. The van der Waals surface area contributed by atoms with Gasteiger partial charge in [-0.25, -0.2) is 8.42 Å². The highest BCUT2D eigenvalue weighted by molar-refractivity contribution is 8.66. The predicted octanol–water partition coefficient (Wildman–Crippen LogP) is -1.75. The summed E-state index contributed by atoms with van der Waals surface area (Å²) in [4.78, 5) is 0.666. The zero-order valence-electron chi connectivity index (χ0n) is 4.40. The molecule has 0 rings (SSSR count). The van der Waals surface area contributed by atoms with E-state index in [0.717, 1.165) is 0 Å². The maximum atomic E-state index is 10.1. The van der Waals surface area contributed by atoms with Gasteiger partial charge in [-0.05, 0) is 0 Å². The molecule has 0 aromatic heterocycles. The monoisotopic (exact) mass is 175 g/mol. The Labute approximate surface area is 51.8 Å². The van der Waals surface area contributed by atoms with Crippen molar-refractivity contribution in [3.8, 4) is 0 Å². The third kappa shape index (κ3) is 1.90. The number of nitrogens with one attached hydrogen (secondary N) is 1. The van der Waals surface area contributed by atoms with Crippen molar-refractivity contribution in [2.75, 3.05) is 6.26 Å². The Bertz CT molecular complexity index is 270. The van der Waals surface area contributed by atoms with E-state index in [0.29, 0.717) is 11.1 Å². The van der Waals surface area contributed by atoms with Crippen LogP contribution in [0.3, 0.4) is 0 Å². The molecule has 8 heteroatoms. The number of rotatable bonds is 2. The van der Waals surface area contributed by atoms with Crippen LogP contribution in [0, 0.1) is 0 Å². The van der Waals surface area contributed by atoms with Gasteiger partial charge < -0.3 is 5.21 Å². The van der Waals surface area contributed by atoms with Crippen molar-refractivity contribution in [2.24, 2.45) is 0 Å². The molecule has 0 aromatic carbocycles. The molecule has 0 aliphatic heterocycles. The van der Waals surface area contributed by atoms with Crippen molar-refractivity contribution in [2.45, 2.75) is 0 Å². The zero-order chi connectivity index (χ0) is 7.71. The lowest BCUT2D eigenvalue weighted by Gasteiger charge is -1.93. The highest BCUT2D eigenvalue weighted by atomic mass is 33.2. The molecule has 0 spiro atoms. The SMILES string of the molecule is CS(=O)(=O)S(=O)(=O)NO. The lowest BCUT2D eigenvalue weighted by atomic mass is 12.0. The van der Waals surface area contributed by atoms with Gasteiger partial charge in [0.1, 0.15) is 0 Å². The Balaban J connectivity index is 5.07. The summed E-state index contributed by atoms with van der Waals surface area (Å²) in [5.74, 6) is 0. The first-order valence-electron chi connectivity index (χ1n) is 1.67. The average Bonchev–Trinajstić information content (AvgIpc) is 1.64. The molecular weight excluding hydrogens is 170 g/mol. The van der Waals surface area contributed by atoms with E-state index in [4.69, 9.17) is 5.21 Å². The first-order valence-corrected chi connectivity index (χ1v) is 5.56. The number of hydrogen-bond acceptors (Lipinski definition) is 5. The first-order chi connectivity index (χ1) is 3.81. The molecule has 0 saturated carbocycles. The van der Waals surface area contributed by atoms with Gasteiger partial charge in [0.05, 0.1) is 6.26 Å². The molecular formula is CH5NO5S2. The second-order valence-corrected chi connectivity index (χ2v) is 6.88. The molecule has 0 radical (unpaired) electrons. The summed E-state index contributed by atoms with van der Waals surface area (Å²) in [5, 5.41) is 7.71. The zero-order valence-corrected chi connectivity index (χ0v) is 6.03. The van der Waals surface area contributed by atoms with Gasteiger partial charge in [0, 0.05) is 0 Å². The molecule has 0 aliphatic carbocycles. The van der Waals surface area contributed by atoms with Crippen LogP contribution in [0.2, 0.25) is 0 Å². The minimum Gasteiger partial charge on any atom is -0.301 e. The molecule has 0 fully saturated rings. The number of hydrogen-bond donors (Lipinski definition) is 2. The van der Waals surface area contributed by atoms with E-state index in [1.54, 1.807) is 0 Å². The van der Waals surface area contributed by atoms with E-state index in [1.165, 1.54) is 0 Å². The second-order valence-electron chi connectivity index (χ2n) is 1.25. The summed E-state index contributed by atoms with van der Waals surface area (Å²) in [6.45, 7) is 0. The molecule has 0 saturated heterocycles.